The van der Waals surface area contributed by atoms with E-state index in [-0.39, 0.29) is 12.1 Å². The van der Waals surface area contributed by atoms with Crippen molar-refractivity contribution in [3.63, 3.8) is 0 Å². The zero-order valence-corrected chi connectivity index (χ0v) is 14.8. The van der Waals surface area contributed by atoms with E-state index in [1.165, 1.54) is 21.9 Å². The fraction of sp³-hybridized carbons (Fsp3) is 0.429. The first-order valence-corrected chi connectivity index (χ1v) is 9.16. The lowest BCUT2D eigenvalue weighted by Crippen LogP contribution is -2.44. The number of aliphatic hydroxyl groups excluding tert-OH is 1. The maximum Gasteiger partial charge on any atom is 0.0747 e. The van der Waals surface area contributed by atoms with Gasteiger partial charge in [-0.25, -0.2) is 0 Å². The zero-order chi connectivity index (χ0) is 17.4. The molecule has 2 fully saturated rings. The molecular weight excluding hydrogens is 312 g/mol. The minimum atomic E-state index is -0.328. The second-order valence-corrected chi connectivity index (χ2v) is 7.13. The molecular formula is C21H26N2O2. The molecule has 25 heavy (non-hydrogen) atoms. The predicted molar refractivity (Wildman–Crippen MR) is 100 cm³/mol. The minimum absolute atomic E-state index is 0.00724. The van der Waals surface area contributed by atoms with Crippen molar-refractivity contribution in [1.82, 2.24) is 10.8 Å². The van der Waals surface area contributed by atoms with E-state index >= 15 is 0 Å². The van der Waals surface area contributed by atoms with E-state index in [4.69, 9.17) is 4.84 Å². The van der Waals surface area contributed by atoms with Crippen molar-refractivity contribution in [2.75, 3.05) is 7.11 Å². The first-order chi connectivity index (χ1) is 12.2. The van der Waals surface area contributed by atoms with Crippen LogP contribution in [0.15, 0.2) is 53.7 Å². The molecule has 2 bridgehead atoms. The molecule has 4 heteroatoms. The molecule has 4 atom stereocenters. The second-order valence-electron chi connectivity index (χ2n) is 7.13. The van der Waals surface area contributed by atoms with Crippen molar-refractivity contribution in [2.24, 2.45) is 0 Å². The molecule has 0 aromatic heterocycles. The number of nitrogens with one attached hydrogen (secondary N) is 2. The van der Waals surface area contributed by atoms with Gasteiger partial charge in [0.2, 0.25) is 0 Å². The molecule has 2 saturated heterocycles. The summed E-state index contributed by atoms with van der Waals surface area (Å²) in [5, 5.41) is 16.7. The normalized spacial score (nSPS) is 30.5. The number of hydroxylamine groups is 1. The lowest BCUT2D eigenvalue weighted by atomic mass is 9.79. The Morgan fingerprint density at radius 1 is 1.20 bits per heavy atom. The average molecular weight is 338 g/mol. The van der Waals surface area contributed by atoms with Crippen LogP contribution >= 0.6 is 0 Å². The molecule has 0 amide bonds. The lowest BCUT2D eigenvalue weighted by Gasteiger charge is -2.35. The lowest BCUT2D eigenvalue weighted by molar-refractivity contribution is 0.111. The highest BCUT2D eigenvalue weighted by atomic mass is 16.6. The van der Waals surface area contributed by atoms with Crippen LogP contribution < -0.4 is 10.8 Å². The number of hydrogen-bond acceptors (Lipinski definition) is 4. The van der Waals surface area contributed by atoms with Crippen molar-refractivity contribution >= 4 is 10.8 Å². The number of allylic oxidation sites excluding steroid dienone is 1. The van der Waals surface area contributed by atoms with Crippen molar-refractivity contribution in [1.29, 1.82) is 0 Å². The van der Waals surface area contributed by atoms with Crippen LogP contribution in [0.25, 0.3) is 10.8 Å². The third kappa shape index (κ3) is 2.95. The summed E-state index contributed by atoms with van der Waals surface area (Å²) in [7, 11) is 1.64. The molecule has 132 valence electrons. The predicted octanol–water partition coefficient (Wildman–Crippen LogP) is 3.23. The molecule has 0 aliphatic carbocycles. The maximum absolute atomic E-state index is 10.6. The van der Waals surface area contributed by atoms with Gasteiger partial charge in [-0.3, -0.25) is 10.3 Å². The van der Waals surface area contributed by atoms with Gasteiger partial charge in [0.1, 0.15) is 0 Å². The Morgan fingerprint density at radius 2 is 2.00 bits per heavy atom. The highest BCUT2D eigenvalue weighted by molar-refractivity contribution is 5.83. The van der Waals surface area contributed by atoms with Gasteiger partial charge in [0.05, 0.1) is 19.3 Å². The Bertz CT molecular complexity index is 801. The first-order valence-electron chi connectivity index (χ1n) is 9.16. The minimum Gasteiger partial charge on any atom is -0.391 e. The topological polar surface area (TPSA) is 53.5 Å². The van der Waals surface area contributed by atoms with Crippen LogP contribution in [-0.4, -0.2) is 30.4 Å². The zero-order valence-electron chi connectivity index (χ0n) is 14.8. The van der Waals surface area contributed by atoms with E-state index in [2.05, 4.69) is 60.2 Å². The van der Waals surface area contributed by atoms with E-state index in [0.717, 1.165) is 25.0 Å². The molecule has 4 nitrogen and oxygen atoms in total. The van der Waals surface area contributed by atoms with Gasteiger partial charge in [0, 0.05) is 17.7 Å². The SMILES string of the molecule is CCC(NOC)=C1[C@@H](c2ccc3ccccc3c2)CC2CC(O)[C@H]1N2. The smallest absolute Gasteiger partial charge is 0.0747 e. The number of fused-ring (bicyclic) bond motifs is 3. The summed E-state index contributed by atoms with van der Waals surface area (Å²) in [6.45, 7) is 2.12. The van der Waals surface area contributed by atoms with Crippen LogP contribution in [0.5, 0.6) is 0 Å². The highest BCUT2D eigenvalue weighted by Gasteiger charge is 2.44. The van der Waals surface area contributed by atoms with Gasteiger partial charge in [0.15, 0.2) is 0 Å². The Labute approximate surface area is 148 Å². The number of piperidine rings is 1. The number of hydrogen-bond donors (Lipinski definition) is 3. The molecule has 0 spiro atoms. The molecule has 3 N–H and O–H groups in total. The van der Waals surface area contributed by atoms with Crippen molar-refractivity contribution in [3.8, 4) is 0 Å². The number of benzene rings is 2. The third-order valence-electron chi connectivity index (χ3n) is 5.66. The Morgan fingerprint density at radius 3 is 2.76 bits per heavy atom. The summed E-state index contributed by atoms with van der Waals surface area (Å²) in [4.78, 5) is 5.23. The van der Waals surface area contributed by atoms with E-state index in [1.807, 2.05) is 0 Å². The Balaban J connectivity index is 1.81. The Hall–Kier alpha value is -1.88. The van der Waals surface area contributed by atoms with Gasteiger partial charge in [-0.2, -0.15) is 0 Å². The summed E-state index contributed by atoms with van der Waals surface area (Å²) in [5.41, 5.74) is 6.73. The van der Waals surface area contributed by atoms with Crippen molar-refractivity contribution in [2.45, 2.75) is 50.3 Å². The molecule has 2 aromatic carbocycles. The van der Waals surface area contributed by atoms with Gasteiger partial charge in [-0.15, -0.1) is 0 Å². The summed E-state index contributed by atoms with van der Waals surface area (Å²) >= 11 is 0. The fourth-order valence-corrected chi connectivity index (χ4v) is 4.55. The quantitative estimate of drug-likeness (QED) is 0.749. The average Bonchev–Trinajstić information content (AvgIpc) is 2.94. The molecule has 0 radical (unpaired) electrons. The second kappa shape index (κ2) is 6.79. The van der Waals surface area contributed by atoms with Crippen LogP contribution in [0.2, 0.25) is 0 Å². The Kier molecular flexibility index (Phi) is 4.50. The van der Waals surface area contributed by atoms with Gasteiger partial charge < -0.3 is 10.4 Å². The third-order valence-corrected chi connectivity index (χ3v) is 5.66. The van der Waals surface area contributed by atoms with Gasteiger partial charge in [-0.1, -0.05) is 49.4 Å². The number of rotatable bonds is 4. The van der Waals surface area contributed by atoms with Crippen LogP contribution in [0.3, 0.4) is 0 Å². The van der Waals surface area contributed by atoms with Gasteiger partial charge >= 0.3 is 0 Å². The van der Waals surface area contributed by atoms with Crippen molar-refractivity contribution < 1.29 is 9.94 Å². The van der Waals surface area contributed by atoms with E-state index < -0.39 is 0 Å². The standard InChI is InChI=1S/C21H26N2O2/c1-3-18(23-25-2)20-17(11-16-12-19(24)21(20)22-16)15-9-8-13-6-4-5-7-14(13)10-15/h4-10,16-17,19,21-24H,3,11-12H2,1-2H3/t16?,17-,19?,21-/m1/s1. The molecule has 2 aromatic rings. The molecule has 2 aliphatic heterocycles. The van der Waals surface area contributed by atoms with Crippen LogP contribution in [0, 0.1) is 0 Å². The van der Waals surface area contributed by atoms with Crippen molar-refractivity contribution in [3.05, 3.63) is 59.3 Å². The highest BCUT2D eigenvalue weighted by Crippen LogP contribution is 2.43. The van der Waals surface area contributed by atoms with E-state index in [1.54, 1.807) is 7.11 Å². The molecule has 2 unspecified atom stereocenters. The molecule has 4 rings (SSSR count). The summed E-state index contributed by atoms with van der Waals surface area (Å²) in [6, 6.07) is 15.6. The maximum atomic E-state index is 10.6. The van der Waals surface area contributed by atoms with Crippen LogP contribution in [0.1, 0.15) is 37.7 Å². The van der Waals surface area contributed by atoms with Gasteiger partial charge in [0.25, 0.3) is 0 Å². The van der Waals surface area contributed by atoms with Crippen LogP contribution in [0.4, 0.5) is 0 Å². The first kappa shape index (κ1) is 16.6. The van der Waals surface area contributed by atoms with E-state index in [0.29, 0.717) is 12.0 Å². The van der Waals surface area contributed by atoms with Gasteiger partial charge in [-0.05, 0) is 41.2 Å². The van der Waals surface area contributed by atoms with E-state index in [9.17, 15) is 5.11 Å². The fourth-order valence-electron chi connectivity index (χ4n) is 4.55. The summed E-state index contributed by atoms with van der Waals surface area (Å²) < 4.78 is 0. The number of aliphatic hydroxyl groups is 1. The monoisotopic (exact) mass is 338 g/mol. The van der Waals surface area contributed by atoms with Crippen LogP contribution in [-0.2, 0) is 4.84 Å². The summed E-state index contributed by atoms with van der Waals surface area (Å²) in [6.07, 6.45) is 2.35. The molecule has 2 heterocycles. The molecule has 2 aliphatic rings. The largest absolute Gasteiger partial charge is 0.391 e. The summed E-state index contributed by atoms with van der Waals surface area (Å²) in [5.74, 6) is 0.301. The molecule has 0 saturated carbocycles.